The number of aryl methyl sites for hydroxylation is 1. The number of aliphatic hydroxyl groups is 1. The third-order valence-electron chi connectivity index (χ3n) is 5.50. The van der Waals surface area contributed by atoms with Gasteiger partial charge in [0, 0.05) is 18.2 Å². The van der Waals surface area contributed by atoms with Crippen LogP contribution in [0.4, 0.5) is 0 Å². The summed E-state index contributed by atoms with van der Waals surface area (Å²) in [6, 6.07) is 6.43. The second kappa shape index (κ2) is 6.39. The van der Waals surface area contributed by atoms with Crippen molar-refractivity contribution in [2.75, 3.05) is 0 Å². The van der Waals surface area contributed by atoms with Gasteiger partial charge in [-0.25, -0.2) is 4.68 Å². The number of fused-ring (bicyclic) bond motifs is 2. The van der Waals surface area contributed by atoms with Crippen LogP contribution in [-0.4, -0.2) is 43.4 Å². The second-order valence-electron chi connectivity index (χ2n) is 7.53. The minimum Gasteiger partial charge on any atom is -0.459 e. The first-order chi connectivity index (χ1) is 12.5. The first-order valence-electron chi connectivity index (χ1n) is 9.08. The van der Waals surface area contributed by atoms with E-state index in [0.29, 0.717) is 18.6 Å². The average molecular weight is 357 g/mol. The van der Waals surface area contributed by atoms with Crippen LogP contribution in [0, 0.1) is 6.92 Å². The first-order valence-corrected chi connectivity index (χ1v) is 9.08. The maximum Gasteiger partial charge on any atom is 0.290 e. The van der Waals surface area contributed by atoms with Crippen LogP contribution in [0.5, 0.6) is 0 Å². The maximum absolute atomic E-state index is 12.8. The number of rotatable bonds is 3. The van der Waals surface area contributed by atoms with E-state index >= 15 is 0 Å². The van der Waals surface area contributed by atoms with Crippen molar-refractivity contribution in [3.05, 3.63) is 52.3 Å². The summed E-state index contributed by atoms with van der Waals surface area (Å²) in [7, 11) is 0. The number of carbonyl (C=O) groups is 1. The number of nitrogens with zero attached hydrogens (tertiary/aromatic N) is 3. The SMILES string of the molecule is Cc1ccc(=O)n(CC2(O)C[C@H]3CCC[C@H](C2)N3C(=O)c2ccco2)n1. The highest BCUT2D eigenvalue weighted by Crippen LogP contribution is 2.40. The third-order valence-corrected chi connectivity index (χ3v) is 5.50. The van der Waals surface area contributed by atoms with E-state index in [4.69, 9.17) is 4.42 Å². The molecule has 2 aliphatic heterocycles. The molecule has 2 aromatic heterocycles. The van der Waals surface area contributed by atoms with Gasteiger partial charge in [0.05, 0.1) is 24.1 Å². The summed E-state index contributed by atoms with van der Waals surface area (Å²) in [5, 5.41) is 15.5. The van der Waals surface area contributed by atoms with Crippen LogP contribution < -0.4 is 5.56 Å². The summed E-state index contributed by atoms with van der Waals surface area (Å²) >= 11 is 0. The molecule has 2 aromatic rings. The van der Waals surface area contributed by atoms with Crippen molar-refractivity contribution in [1.82, 2.24) is 14.7 Å². The molecule has 4 rings (SSSR count). The lowest BCUT2D eigenvalue weighted by Gasteiger charge is -2.51. The Morgan fingerprint density at radius 1 is 1.31 bits per heavy atom. The fraction of sp³-hybridized carbons (Fsp3) is 0.526. The summed E-state index contributed by atoms with van der Waals surface area (Å²) in [6.45, 7) is 1.97. The zero-order chi connectivity index (χ0) is 18.3. The van der Waals surface area contributed by atoms with Crippen molar-refractivity contribution in [1.29, 1.82) is 0 Å². The average Bonchev–Trinajstić information content (AvgIpc) is 3.11. The van der Waals surface area contributed by atoms with E-state index in [2.05, 4.69) is 5.10 Å². The Morgan fingerprint density at radius 2 is 2.04 bits per heavy atom. The fourth-order valence-electron chi connectivity index (χ4n) is 4.46. The van der Waals surface area contributed by atoms with Crippen molar-refractivity contribution < 1.29 is 14.3 Å². The summed E-state index contributed by atoms with van der Waals surface area (Å²) in [5.74, 6) is 0.224. The zero-order valence-electron chi connectivity index (χ0n) is 14.8. The van der Waals surface area contributed by atoms with Gasteiger partial charge in [0.15, 0.2) is 5.76 Å². The smallest absolute Gasteiger partial charge is 0.290 e. The van der Waals surface area contributed by atoms with Crippen LogP contribution in [-0.2, 0) is 6.54 Å². The minimum atomic E-state index is -1.04. The van der Waals surface area contributed by atoms with Crippen molar-refractivity contribution in [3.8, 4) is 0 Å². The van der Waals surface area contributed by atoms with Crippen LogP contribution in [0.1, 0.15) is 48.4 Å². The van der Waals surface area contributed by atoms with Crippen molar-refractivity contribution >= 4 is 5.91 Å². The predicted molar refractivity (Wildman–Crippen MR) is 93.7 cm³/mol. The summed E-state index contributed by atoms with van der Waals surface area (Å²) in [5.41, 5.74) is -0.526. The van der Waals surface area contributed by atoms with Gasteiger partial charge in [0.2, 0.25) is 0 Å². The van der Waals surface area contributed by atoms with E-state index < -0.39 is 5.60 Å². The lowest BCUT2D eigenvalue weighted by atomic mass is 9.75. The van der Waals surface area contributed by atoms with Gasteiger partial charge in [-0.15, -0.1) is 0 Å². The molecule has 0 aliphatic carbocycles. The second-order valence-corrected chi connectivity index (χ2v) is 7.53. The van der Waals surface area contributed by atoms with Crippen LogP contribution in [0.2, 0.25) is 0 Å². The molecule has 0 radical (unpaired) electrons. The number of hydrogen-bond donors (Lipinski definition) is 1. The molecular formula is C19H23N3O4. The number of hydrogen-bond acceptors (Lipinski definition) is 5. The van der Waals surface area contributed by atoms with Gasteiger partial charge in [0.25, 0.3) is 11.5 Å². The van der Waals surface area contributed by atoms with E-state index in [-0.39, 0.29) is 30.1 Å². The molecule has 0 spiro atoms. The van der Waals surface area contributed by atoms with Gasteiger partial charge in [-0.3, -0.25) is 9.59 Å². The lowest BCUT2D eigenvalue weighted by Crippen LogP contribution is -2.61. The van der Waals surface area contributed by atoms with Gasteiger partial charge in [-0.2, -0.15) is 5.10 Å². The Labute approximate surface area is 151 Å². The number of piperidine rings is 2. The Bertz CT molecular complexity index is 844. The molecule has 1 N–H and O–H groups in total. The van der Waals surface area contributed by atoms with Crippen molar-refractivity contribution in [2.45, 2.75) is 63.3 Å². The summed E-state index contributed by atoms with van der Waals surface area (Å²) < 4.78 is 6.62. The van der Waals surface area contributed by atoms with Gasteiger partial charge in [-0.1, -0.05) is 0 Å². The quantitative estimate of drug-likeness (QED) is 0.904. The van der Waals surface area contributed by atoms with Crippen molar-refractivity contribution in [2.24, 2.45) is 0 Å². The molecule has 138 valence electrons. The molecule has 0 aromatic carbocycles. The molecule has 2 bridgehead atoms. The standard InChI is InChI=1S/C19H23N3O4/c1-13-7-8-17(23)21(20-13)12-19(25)10-14-4-2-5-15(11-19)22(14)18(24)16-6-3-9-26-16/h3,6-9,14-15,25H,2,4-5,10-12H2,1H3/t14-,15-/m1/s1. The lowest BCUT2D eigenvalue weighted by molar-refractivity contribution is -0.0894. The Kier molecular flexibility index (Phi) is 4.19. The molecule has 7 heteroatoms. The zero-order valence-corrected chi connectivity index (χ0v) is 14.8. The molecule has 0 saturated carbocycles. The van der Waals surface area contributed by atoms with Crippen LogP contribution in [0.3, 0.4) is 0 Å². The van der Waals surface area contributed by atoms with E-state index in [1.807, 2.05) is 11.8 Å². The maximum atomic E-state index is 12.8. The Morgan fingerprint density at radius 3 is 2.69 bits per heavy atom. The monoisotopic (exact) mass is 357 g/mol. The molecule has 26 heavy (non-hydrogen) atoms. The number of amides is 1. The highest BCUT2D eigenvalue weighted by molar-refractivity contribution is 5.92. The molecule has 1 amide bonds. The summed E-state index contributed by atoms with van der Waals surface area (Å²) in [4.78, 5) is 26.8. The summed E-state index contributed by atoms with van der Waals surface area (Å²) in [6.07, 6.45) is 5.12. The van der Waals surface area contributed by atoms with E-state index in [1.165, 1.54) is 17.0 Å². The normalized spacial score (nSPS) is 28.2. The molecule has 0 unspecified atom stereocenters. The largest absolute Gasteiger partial charge is 0.459 e. The Balaban J connectivity index is 1.58. The van der Waals surface area contributed by atoms with Crippen LogP contribution >= 0.6 is 0 Å². The van der Waals surface area contributed by atoms with E-state index in [9.17, 15) is 14.7 Å². The number of aromatic nitrogens is 2. The highest BCUT2D eigenvalue weighted by Gasteiger charge is 2.48. The molecule has 2 fully saturated rings. The molecule has 7 nitrogen and oxygen atoms in total. The van der Waals surface area contributed by atoms with Gasteiger partial charge in [0.1, 0.15) is 0 Å². The minimum absolute atomic E-state index is 0.0504. The molecule has 2 atom stereocenters. The van der Waals surface area contributed by atoms with Crippen LogP contribution in [0.15, 0.2) is 39.7 Å². The van der Waals surface area contributed by atoms with Gasteiger partial charge >= 0.3 is 0 Å². The van der Waals surface area contributed by atoms with Gasteiger partial charge < -0.3 is 14.4 Å². The van der Waals surface area contributed by atoms with Crippen LogP contribution in [0.25, 0.3) is 0 Å². The molecule has 2 aliphatic rings. The third kappa shape index (κ3) is 3.07. The highest BCUT2D eigenvalue weighted by atomic mass is 16.3. The molecular weight excluding hydrogens is 334 g/mol. The van der Waals surface area contributed by atoms with Gasteiger partial charge in [-0.05, 0) is 57.2 Å². The molecule has 2 saturated heterocycles. The van der Waals surface area contributed by atoms with Crippen molar-refractivity contribution in [3.63, 3.8) is 0 Å². The predicted octanol–water partition coefficient (Wildman–Crippen LogP) is 1.73. The first kappa shape index (κ1) is 17.0. The molecule has 4 heterocycles. The van der Waals surface area contributed by atoms with E-state index in [0.717, 1.165) is 25.0 Å². The fourth-order valence-corrected chi connectivity index (χ4v) is 4.46. The number of furan rings is 1. The van der Waals surface area contributed by atoms with E-state index in [1.54, 1.807) is 18.2 Å². The topological polar surface area (TPSA) is 88.6 Å². The number of carbonyl (C=O) groups excluding carboxylic acids is 1. The Hall–Kier alpha value is -2.41.